The Morgan fingerprint density at radius 2 is 2.05 bits per heavy atom. The molecule has 4 nitrogen and oxygen atoms in total. The molecule has 2 atom stereocenters. The number of alkyl carbamates (subject to hydrolysis) is 1. The molecule has 118 valence electrons. The first-order valence-electron chi connectivity index (χ1n) is 7.35. The maximum absolute atomic E-state index is 11.8. The summed E-state index contributed by atoms with van der Waals surface area (Å²) >= 11 is 2.18. The fraction of sp³-hybridized carbons (Fsp3) is 0.562. The van der Waals surface area contributed by atoms with Crippen LogP contribution in [0, 0.1) is 3.57 Å². The van der Waals surface area contributed by atoms with E-state index in [0.717, 1.165) is 22.0 Å². The summed E-state index contributed by atoms with van der Waals surface area (Å²) in [5, 5.41) is 13.3. The van der Waals surface area contributed by atoms with Crippen molar-refractivity contribution in [3.8, 4) is 0 Å². The maximum Gasteiger partial charge on any atom is 0.407 e. The molecule has 1 aromatic carbocycles. The lowest BCUT2D eigenvalue weighted by Crippen LogP contribution is -2.36. The van der Waals surface area contributed by atoms with Gasteiger partial charge in [-0.2, -0.15) is 0 Å². The van der Waals surface area contributed by atoms with Gasteiger partial charge in [-0.15, -0.1) is 0 Å². The lowest BCUT2D eigenvalue weighted by atomic mass is 10.0. The monoisotopic (exact) mass is 405 g/mol. The van der Waals surface area contributed by atoms with Gasteiger partial charge in [0.15, 0.2) is 0 Å². The zero-order valence-corrected chi connectivity index (χ0v) is 15.0. The van der Waals surface area contributed by atoms with Gasteiger partial charge in [-0.25, -0.2) is 4.79 Å². The molecule has 0 unspecified atom stereocenters. The fourth-order valence-corrected chi connectivity index (χ4v) is 2.72. The van der Waals surface area contributed by atoms with Gasteiger partial charge >= 0.3 is 6.09 Å². The molecule has 5 heteroatoms. The molecule has 0 heterocycles. The van der Waals surface area contributed by atoms with E-state index in [-0.39, 0.29) is 6.04 Å². The minimum atomic E-state index is -0.803. The predicted molar refractivity (Wildman–Crippen MR) is 92.2 cm³/mol. The largest absolute Gasteiger partial charge is 0.443 e. The van der Waals surface area contributed by atoms with E-state index in [0.29, 0.717) is 6.42 Å². The van der Waals surface area contributed by atoms with Crippen molar-refractivity contribution in [3.05, 3.63) is 33.4 Å². The molecular weight excluding hydrogens is 381 g/mol. The molecule has 0 aliphatic heterocycles. The van der Waals surface area contributed by atoms with Crippen LogP contribution >= 0.6 is 22.6 Å². The van der Waals surface area contributed by atoms with Crippen molar-refractivity contribution in [1.29, 1.82) is 0 Å². The summed E-state index contributed by atoms with van der Waals surface area (Å²) in [6.07, 6.45) is 0.733. The van der Waals surface area contributed by atoms with Crippen molar-refractivity contribution in [3.63, 3.8) is 0 Å². The topological polar surface area (TPSA) is 58.6 Å². The number of hydrogen-bond donors (Lipinski definition) is 2. The molecule has 1 rings (SSSR count). The number of carbonyl (C=O) groups excluding carboxylic acids is 1. The summed E-state index contributed by atoms with van der Waals surface area (Å²) in [6, 6.07) is 7.62. The van der Waals surface area contributed by atoms with Crippen molar-refractivity contribution in [2.24, 2.45) is 0 Å². The zero-order chi connectivity index (χ0) is 15.8. The summed E-state index contributed by atoms with van der Waals surface area (Å²) in [5.74, 6) is 0. The molecule has 0 radical (unpaired) electrons. The summed E-state index contributed by atoms with van der Waals surface area (Å²) in [4.78, 5) is 11.8. The second-order valence-electron chi connectivity index (χ2n) is 5.35. The van der Waals surface area contributed by atoms with E-state index in [1.165, 1.54) is 0 Å². The van der Waals surface area contributed by atoms with E-state index >= 15 is 0 Å². The lowest BCUT2D eigenvalue weighted by molar-refractivity contribution is -0.00491. The van der Waals surface area contributed by atoms with E-state index in [1.54, 1.807) is 0 Å². The van der Waals surface area contributed by atoms with Crippen molar-refractivity contribution < 1.29 is 14.6 Å². The van der Waals surface area contributed by atoms with Crippen LogP contribution in [0.15, 0.2) is 24.3 Å². The van der Waals surface area contributed by atoms with Crippen LogP contribution in [-0.2, 0) is 4.74 Å². The van der Waals surface area contributed by atoms with Gasteiger partial charge in [-0.05, 0) is 60.9 Å². The molecule has 0 aliphatic carbocycles. The number of carbonyl (C=O) groups is 1. The Morgan fingerprint density at radius 3 is 2.62 bits per heavy atom. The highest BCUT2D eigenvalue weighted by atomic mass is 127. The van der Waals surface area contributed by atoms with Crippen LogP contribution in [0.2, 0.25) is 0 Å². The van der Waals surface area contributed by atoms with Gasteiger partial charge < -0.3 is 15.2 Å². The van der Waals surface area contributed by atoms with Crippen molar-refractivity contribution in [2.75, 3.05) is 0 Å². The van der Waals surface area contributed by atoms with Crippen LogP contribution in [0.4, 0.5) is 4.79 Å². The molecule has 0 fully saturated rings. The summed E-state index contributed by atoms with van der Waals surface area (Å²) < 4.78 is 6.40. The summed E-state index contributed by atoms with van der Waals surface area (Å²) in [5.41, 5.74) is 0.802. The first kappa shape index (κ1) is 18.2. The third-order valence-electron chi connectivity index (χ3n) is 3.08. The quantitative estimate of drug-likeness (QED) is 0.674. The Kier molecular flexibility index (Phi) is 8.03. The normalized spacial score (nSPS) is 13.8. The molecule has 2 N–H and O–H groups in total. The van der Waals surface area contributed by atoms with Gasteiger partial charge in [0, 0.05) is 9.61 Å². The van der Waals surface area contributed by atoms with E-state index < -0.39 is 18.3 Å². The first-order valence-corrected chi connectivity index (χ1v) is 8.43. The number of aliphatic hydroxyl groups excluding tert-OH is 1. The molecule has 0 spiro atoms. The molecule has 0 saturated heterocycles. The number of aliphatic hydroxyl groups is 1. The van der Waals surface area contributed by atoms with Gasteiger partial charge in [0.1, 0.15) is 12.2 Å². The van der Waals surface area contributed by atoms with E-state index in [9.17, 15) is 9.90 Å². The number of amides is 1. The molecule has 21 heavy (non-hydrogen) atoms. The highest BCUT2D eigenvalue weighted by Gasteiger charge is 2.26. The molecule has 1 amide bonds. The molecule has 1 aromatic rings. The number of nitrogens with one attached hydrogen (secondary N) is 1. The number of halogens is 1. The smallest absolute Gasteiger partial charge is 0.407 e. The van der Waals surface area contributed by atoms with Gasteiger partial charge in [-0.1, -0.05) is 31.5 Å². The van der Waals surface area contributed by atoms with Crippen LogP contribution in [0.25, 0.3) is 0 Å². The SMILES string of the molecule is CCCC[C@H](OC(=O)NC(C)C)[C@@H](O)c1ccccc1I. The second kappa shape index (κ2) is 9.25. The van der Waals surface area contributed by atoms with Crippen LogP contribution in [0.5, 0.6) is 0 Å². The molecule has 0 saturated carbocycles. The minimum absolute atomic E-state index is 0.0123. The Labute approximate surface area is 140 Å². The summed E-state index contributed by atoms with van der Waals surface area (Å²) in [6.45, 7) is 5.82. The van der Waals surface area contributed by atoms with Gasteiger partial charge in [0.05, 0.1) is 0 Å². The average molecular weight is 405 g/mol. The standard InChI is InChI=1S/C16H24INO3/c1-4-5-10-14(21-16(20)18-11(2)3)15(19)12-8-6-7-9-13(12)17/h6-9,11,14-15,19H,4-5,10H2,1-3H3,(H,18,20)/t14-,15-/m0/s1. The third kappa shape index (κ3) is 6.22. The average Bonchev–Trinajstić information content (AvgIpc) is 2.42. The second-order valence-corrected chi connectivity index (χ2v) is 6.51. The van der Waals surface area contributed by atoms with Crippen LogP contribution in [0.1, 0.15) is 51.7 Å². The van der Waals surface area contributed by atoms with Crippen LogP contribution in [-0.4, -0.2) is 23.3 Å². The zero-order valence-electron chi connectivity index (χ0n) is 12.8. The van der Waals surface area contributed by atoms with Crippen molar-refractivity contribution in [2.45, 2.75) is 58.3 Å². The van der Waals surface area contributed by atoms with Gasteiger partial charge in [0.2, 0.25) is 0 Å². The number of hydrogen-bond acceptors (Lipinski definition) is 3. The van der Waals surface area contributed by atoms with Crippen molar-refractivity contribution in [1.82, 2.24) is 5.32 Å². The third-order valence-corrected chi connectivity index (χ3v) is 4.07. The maximum atomic E-state index is 11.8. The van der Waals surface area contributed by atoms with Crippen LogP contribution in [0.3, 0.4) is 0 Å². The Hall–Kier alpha value is -0.820. The number of rotatable bonds is 7. The number of ether oxygens (including phenoxy) is 1. The molecule has 0 aliphatic rings. The van der Waals surface area contributed by atoms with E-state index in [2.05, 4.69) is 34.8 Å². The fourth-order valence-electron chi connectivity index (χ4n) is 2.01. The number of benzene rings is 1. The predicted octanol–water partition coefficient (Wildman–Crippen LogP) is 4.02. The Morgan fingerprint density at radius 1 is 1.38 bits per heavy atom. The molecular formula is C16H24INO3. The van der Waals surface area contributed by atoms with Crippen molar-refractivity contribution >= 4 is 28.7 Å². The highest BCUT2D eigenvalue weighted by Crippen LogP contribution is 2.27. The summed E-state index contributed by atoms with van der Waals surface area (Å²) in [7, 11) is 0. The Balaban J connectivity index is 2.81. The van der Waals surface area contributed by atoms with Crippen LogP contribution < -0.4 is 5.32 Å². The van der Waals surface area contributed by atoms with Gasteiger partial charge in [0.25, 0.3) is 0 Å². The van der Waals surface area contributed by atoms with E-state index in [4.69, 9.17) is 4.74 Å². The first-order chi connectivity index (χ1) is 9.95. The van der Waals surface area contributed by atoms with Gasteiger partial charge in [-0.3, -0.25) is 0 Å². The van der Waals surface area contributed by atoms with E-state index in [1.807, 2.05) is 38.1 Å². The highest BCUT2D eigenvalue weighted by molar-refractivity contribution is 14.1. The Bertz CT molecular complexity index is 451. The lowest BCUT2D eigenvalue weighted by Gasteiger charge is -2.25. The molecule has 0 bridgehead atoms. The molecule has 0 aromatic heterocycles. The minimum Gasteiger partial charge on any atom is -0.443 e. The number of unbranched alkanes of at least 4 members (excludes halogenated alkanes) is 1.